The molecule has 0 N–H and O–H groups in total. The number of hydrogen-bond acceptors (Lipinski definition) is 2. The van der Waals surface area contributed by atoms with Gasteiger partial charge in [-0.2, -0.15) is 5.10 Å². The quantitative estimate of drug-likeness (QED) is 0.796. The molecule has 94 valence electrons. The Morgan fingerprint density at radius 2 is 2.22 bits per heavy atom. The van der Waals surface area contributed by atoms with Crippen molar-refractivity contribution in [1.29, 1.82) is 0 Å². The molecule has 3 nitrogen and oxygen atoms in total. The Hall–Kier alpha value is -1.35. The second kappa shape index (κ2) is 4.73. The van der Waals surface area contributed by atoms with Gasteiger partial charge in [0.1, 0.15) is 12.2 Å². The lowest BCUT2D eigenvalue weighted by atomic mass is 10.0. The zero-order chi connectivity index (χ0) is 12.5. The average molecular weight is 262 g/mol. The zero-order valence-corrected chi connectivity index (χ0v) is 11.1. The minimum atomic E-state index is 0.100. The molecule has 2 aromatic rings. The van der Waals surface area contributed by atoms with Crippen molar-refractivity contribution in [2.24, 2.45) is 5.92 Å². The lowest BCUT2D eigenvalue weighted by Crippen LogP contribution is -2.12. The molecule has 1 aliphatic carbocycles. The van der Waals surface area contributed by atoms with E-state index in [1.54, 1.807) is 6.33 Å². The SMILES string of the molecule is CCn1ncnc1CC1Cc2ccccc2C1Cl. The Morgan fingerprint density at radius 3 is 3.00 bits per heavy atom. The number of benzene rings is 1. The second-order valence-electron chi connectivity index (χ2n) is 4.76. The molecule has 4 heteroatoms. The van der Waals surface area contributed by atoms with Gasteiger partial charge >= 0.3 is 0 Å². The summed E-state index contributed by atoms with van der Waals surface area (Å²) < 4.78 is 1.95. The summed E-state index contributed by atoms with van der Waals surface area (Å²) in [7, 11) is 0. The molecule has 1 aliphatic rings. The summed E-state index contributed by atoms with van der Waals surface area (Å²) >= 11 is 6.56. The van der Waals surface area contributed by atoms with Crippen LogP contribution in [0.15, 0.2) is 30.6 Å². The van der Waals surface area contributed by atoms with Gasteiger partial charge in [0.15, 0.2) is 0 Å². The molecule has 0 aliphatic heterocycles. The molecule has 0 amide bonds. The number of aryl methyl sites for hydroxylation is 1. The van der Waals surface area contributed by atoms with Crippen LogP contribution in [0.1, 0.15) is 29.3 Å². The van der Waals surface area contributed by atoms with Crippen LogP contribution in [-0.2, 0) is 19.4 Å². The van der Waals surface area contributed by atoms with Gasteiger partial charge in [0.2, 0.25) is 0 Å². The van der Waals surface area contributed by atoms with Crippen molar-refractivity contribution in [3.8, 4) is 0 Å². The van der Waals surface area contributed by atoms with Crippen molar-refractivity contribution in [1.82, 2.24) is 14.8 Å². The fraction of sp³-hybridized carbons (Fsp3) is 0.429. The first kappa shape index (κ1) is 11.7. The van der Waals surface area contributed by atoms with Crippen LogP contribution in [0.25, 0.3) is 0 Å². The van der Waals surface area contributed by atoms with Crippen molar-refractivity contribution in [3.05, 3.63) is 47.5 Å². The third kappa shape index (κ3) is 1.93. The molecule has 0 spiro atoms. The predicted octanol–water partition coefficient (Wildman–Crippen LogP) is 2.99. The molecule has 0 fully saturated rings. The second-order valence-corrected chi connectivity index (χ2v) is 5.23. The summed E-state index contributed by atoms with van der Waals surface area (Å²) in [6, 6.07) is 8.46. The monoisotopic (exact) mass is 261 g/mol. The molecule has 0 saturated heterocycles. The molecule has 0 radical (unpaired) electrons. The average Bonchev–Trinajstić information content (AvgIpc) is 2.96. The number of nitrogens with zero attached hydrogens (tertiary/aromatic N) is 3. The molecule has 2 unspecified atom stereocenters. The smallest absolute Gasteiger partial charge is 0.138 e. The van der Waals surface area contributed by atoms with Crippen molar-refractivity contribution < 1.29 is 0 Å². The van der Waals surface area contributed by atoms with Gasteiger partial charge in [-0.1, -0.05) is 24.3 Å². The van der Waals surface area contributed by atoms with Gasteiger partial charge in [0.25, 0.3) is 0 Å². The van der Waals surface area contributed by atoms with Crippen LogP contribution in [0.3, 0.4) is 0 Å². The minimum Gasteiger partial charge on any atom is -0.250 e. The Kier molecular flexibility index (Phi) is 3.08. The summed E-state index contributed by atoms with van der Waals surface area (Å²) in [6.45, 7) is 2.95. The molecule has 18 heavy (non-hydrogen) atoms. The number of aromatic nitrogens is 3. The Balaban J connectivity index is 1.81. The van der Waals surface area contributed by atoms with Gasteiger partial charge in [0, 0.05) is 13.0 Å². The minimum absolute atomic E-state index is 0.100. The number of halogens is 1. The molecule has 0 bridgehead atoms. The molecular weight excluding hydrogens is 246 g/mol. The lowest BCUT2D eigenvalue weighted by molar-refractivity contribution is 0.497. The van der Waals surface area contributed by atoms with Crippen LogP contribution < -0.4 is 0 Å². The lowest BCUT2D eigenvalue weighted by Gasteiger charge is -2.13. The molecule has 1 heterocycles. The van der Waals surface area contributed by atoms with Gasteiger partial charge in [-0.15, -0.1) is 11.6 Å². The first-order chi connectivity index (χ1) is 8.79. The van der Waals surface area contributed by atoms with Crippen molar-refractivity contribution >= 4 is 11.6 Å². The first-order valence-electron chi connectivity index (χ1n) is 6.38. The maximum Gasteiger partial charge on any atom is 0.138 e. The van der Waals surface area contributed by atoms with Gasteiger partial charge in [-0.05, 0) is 30.4 Å². The van der Waals surface area contributed by atoms with E-state index in [0.29, 0.717) is 5.92 Å². The maximum absolute atomic E-state index is 6.56. The fourth-order valence-electron chi connectivity index (χ4n) is 2.75. The molecule has 3 rings (SSSR count). The fourth-order valence-corrected chi connectivity index (χ4v) is 3.14. The van der Waals surface area contributed by atoms with Gasteiger partial charge in [0.05, 0.1) is 5.38 Å². The van der Waals surface area contributed by atoms with Crippen molar-refractivity contribution in [2.75, 3.05) is 0 Å². The molecule has 0 saturated carbocycles. The topological polar surface area (TPSA) is 30.7 Å². The van der Waals surface area contributed by atoms with Crippen LogP contribution in [0, 0.1) is 5.92 Å². The van der Waals surface area contributed by atoms with E-state index < -0.39 is 0 Å². The number of fused-ring (bicyclic) bond motifs is 1. The predicted molar refractivity (Wildman–Crippen MR) is 71.6 cm³/mol. The molecular formula is C14H16ClN3. The van der Waals surface area contributed by atoms with Crippen molar-refractivity contribution in [3.63, 3.8) is 0 Å². The van der Waals surface area contributed by atoms with Crippen LogP contribution in [0.4, 0.5) is 0 Å². The Bertz CT molecular complexity index is 549. The van der Waals surface area contributed by atoms with Gasteiger partial charge in [-0.25, -0.2) is 4.98 Å². The summed E-state index contributed by atoms with van der Waals surface area (Å²) in [4.78, 5) is 4.34. The number of alkyl halides is 1. The van der Waals surface area contributed by atoms with E-state index >= 15 is 0 Å². The highest BCUT2D eigenvalue weighted by Crippen LogP contribution is 2.41. The van der Waals surface area contributed by atoms with Gasteiger partial charge < -0.3 is 0 Å². The molecule has 1 aromatic carbocycles. The summed E-state index contributed by atoms with van der Waals surface area (Å²) in [6.07, 6.45) is 3.57. The van der Waals surface area contributed by atoms with E-state index in [0.717, 1.165) is 25.2 Å². The number of hydrogen-bond donors (Lipinski definition) is 0. The van der Waals surface area contributed by atoms with E-state index in [-0.39, 0.29) is 5.38 Å². The van der Waals surface area contributed by atoms with Gasteiger partial charge in [-0.3, -0.25) is 4.68 Å². The van der Waals surface area contributed by atoms with Crippen LogP contribution >= 0.6 is 11.6 Å². The Labute approximate surface area is 112 Å². The van der Waals surface area contributed by atoms with Crippen LogP contribution in [-0.4, -0.2) is 14.8 Å². The number of rotatable bonds is 3. The third-order valence-electron chi connectivity index (χ3n) is 3.69. The first-order valence-corrected chi connectivity index (χ1v) is 6.81. The Morgan fingerprint density at radius 1 is 1.39 bits per heavy atom. The summed E-state index contributed by atoms with van der Waals surface area (Å²) in [5.74, 6) is 1.47. The zero-order valence-electron chi connectivity index (χ0n) is 10.4. The summed E-state index contributed by atoms with van der Waals surface area (Å²) in [5.41, 5.74) is 2.66. The van der Waals surface area contributed by atoms with Crippen LogP contribution in [0.5, 0.6) is 0 Å². The van der Waals surface area contributed by atoms with Crippen molar-refractivity contribution in [2.45, 2.75) is 31.7 Å². The van der Waals surface area contributed by atoms with E-state index in [1.807, 2.05) is 4.68 Å². The molecule has 1 aromatic heterocycles. The molecule has 2 atom stereocenters. The third-order valence-corrected chi connectivity index (χ3v) is 4.28. The van der Waals surface area contributed by atoms with Crippen LogP contribution in [0.2, 0.25) is 0 Å². The normalized spacial score (nSPS) is 22.1. The highest BCUT2D eigenvalue weighted by molar-refractivity contribution is 6.21. The van der Waals surface area contributed by atoms with E-state index in [4.69, 9.17) is 11.6 Å². The van der Waals surface area contributed by atoms with E-state index in [2.05, 4.69) is 41.3 Å². The maximum atomic E-state index is 6.56. The largest absolute Gasteiger partial charge is 0.250 e. The highest BCUT2D eigenvalue weighted by atomic mass is 35.5. The summed E-state index contributed by atoms with van der Waals surface area (Å²) in [5, 5.41) is 4.31. The van der Waals surface area contributed by atoms with E-state index in [1.165, 1.54) is 11.1 Å². The highest BCUT2D eigenvalue weighted by Gasteiger charge is 2.31. The standard InChI is InChI=1S/C14H16ClN3/c1-2-18-13(16-9-17-18)8-11-7-10-5-3-4-6-12(10)14(11)15/h3-6,9,11,14H,2,7-8H2,1H3. The van der Waals surface area contributed by atoms with E-state index in [9.17, 15) is 0 Å².